The summed E-state index contributed by atoms with van der Waals surface area (Å²) in [5.41, 5.74) is 0.428. The Morgan fingerprint density at radius 1 is 1.11 bits per heavy atom. The predicted octanol–water partition coefficient (Wildman–Crippen LogP) is 4.40. The van der Waals surface area contributed by atoms with Gasteiger partial charge in [0, 0.05) is 12.8 Å². The van der Waals surface area contributed by atoms with Crippen LogP contribution in [-0.2, 0) is 30.0 Å². The van der Waals surface area contributed by atoms with E-state index in [0.29, 0.717) is 17.4 Å². The van der Waals surface area contributed by atoms with Gasteiger partial charge < -0.3 is 28.8 Å². The van der Waals surface area contributed by atoms with Gasteiger partial charge in [-0.25, -0.2) is 14.0 Å². The molecule has 1 aliphatic heterocycles. The van der Waals surface area contributed by atoms with Gasteiger partial charge in [-0.3, -0.25) is 4.79 Å². The lowest BCUT2D eigenvalue weighted by atomic mass is 9.43. The molecule has 1 amide bonds. The number of methoxy groups -OCH3 is 1. The smallest absolute Gasteiger partial charge is 0.482 e. The summed E-state index contributed by atoms with van der Waals surface area (Å²) in [5, 5.41) is 12.0. The van der Waals surface area contributed by atoms with E-state index in [1.54, 1.807) is 12.1 Å². The van der Waals surface area contributed by atoms with Crippen LogP contribution in [0.25, 0.3) is 0 Å². The fraction of sp³-hybridized carbons (Fsp3) is 0.500. The second-order valence-corrected chi connectivity index (χ2v) is 12.4. The molecule has 3 aliphatic carbocycles. The first-order chi connectivity index (χ1) is 21.0. The molecule has 2 bridgehead atoms. The van der Waals surface area contributed by atoms with Crippen molar-refractivity contribution in [2.24, 2.45) is 17.3 Å². The molecular weight excluding hydrogens is 570 g/mol. The monoisotopic (exact) mass is 606 g/mol. The molecule has 2 aromatic rings. The number of amides is 1. The third-order valence-electron chi connectivity index (χ3n) is 9.53. The maximum Gasteiger partial charge on any atom is 0.482 e. The average molecular weight is 606 g/mol. The summed E-state index contributed by atoms with van der Waals surface area (Å²) < 4.78 is 42.1. The van der Waals surface area contributed by atoms with Crippen LogP contribution in [0.2, 0.25) is 0 Å². The molecule has 232 valence electrons. The van der Waals surface area contributed by atoms with Gasteiger partial charge in [-0.1, -0.05) is 26.0 Å². The van der Waals surface area contributed by atoms with Gasteiger partial charge in [0.1, 0.15) is 17.1 Å². The molecule has 0 spiro atoms. The molecule has 0 aromatic heterocycles. The summed E-state index contributed by atoms with van der Waals surface area (Å²) in [6, 6.07) is 11.7. The van der Waals surface area contributed by atoms with E-state index in [9.17, 15) is 18.8 Å². The van der Waals surface area contributed by atoms with E-state index in [0.717, 1.165) is 25.0 Å². The number of rotatable bonds is 11. The number of nitrogens with zero attached hydrogens (tertiary/aromatic N) is 1. The standard InChI is InChI=1S/C32H36BFN2O8/c1-31(2)21-16-24(31)32(3)25(17-21)43-33(44-32)26(36-27(37)9-6-14-35)15-20-7-5-8-23(28(20)40-4)30(39)42-18-41-29(38)19-10-12-22(34)13-11-19/h5,7-8,10-13,21,24-26H,6,9,15-18H2,1-4H3,(H,36,37). The highest BCUT2D eigenvalue weighted by Gasteiger charge is 2.68. The Balaban J connectivity index is 1.31. The molecule has 0 radical (unpaired) electrons. The van der Waals surface area contributed by atoms with Crippen LogP contribution in [0, 0.1) is 34.4 Å². The number of esters is 2. The lowest BCUT2D eigenvalue weighted by molar-refractivity contribution is -0.199. The topological polar surface area (TPSA) is 133 Å². The zero-order valence-corrected chi connectivity index (χ0v) is 25.3. The highest BCUT2D eigenvalue weighted by molar-refractivity contribution is 6.48. The quantitative estimate of drug-likeness (QED) is 0.224. The van der Waals surface area contributed by atoms with E-state index in [1.807, 2.05) is 6.07 Å². The highest BCUT2D eigenvalue weighted by atomic mass is 19.1. The molecule has 4 fully saturated rings. The van der Waals surface area contributed by atoms with Crippen LogP contribution in [0.1, 0.15) is 72.7 Å². The summed E-state index contributed by atoms with van der Waals surface area (Å²) in [5.74, 6) is -1.92. The van der Waals surface area contributed by atoms with E-state index >= 15 is 0 Å². The Bertz CT molecular complexity index is 1460. The minimum Gasteiger partial charge on any atom is -0.496 e. The molecule has 1 saturated heterocycles. The number of carbonyl (C=O) groups excluding carboxylic acids is 3. The number of hydrogen-bond donors (Lipinski definition) is 1. The Kier molecular flexibility index (Phi) is 9.00. The molecular formula is C32H36BFN2O8. The third-order valence-corrected chi connectivity index (χ3v) is 9.53. The van der Waals surface area contributed by atoms with Crippen LogP contribution in [0.5, 0.6) is 5.75 Å². The second-order valence-electron chi connectivity index (χ2n) is 12.4. The Labute approximate surface area is 256 Å². The lowest BCUT2D eigenvalue weighted by Gasteiger charge is -2.64. The first-order valence-electron chi connectivity index (χ1n) is 14.7. The van der Waals surface area contributed by atoms with Gasteiger partial charge in [-0.15, -0.1) is 0 Å². The second kappa shape index (κ2) is 12.6. The fourth-order valence-corrected chi connectivity index (χ4v) is 7.00. The maximum absolute atomic E-state index is 13.1. The molecule has 6 rings (SSSR count). The molecule has 5 unspecified atom stereocenters. The first kappa shape index (κ1) is 31.5. The van der Waals surface area contributed by atoms with Crippen molar-refractivity contribution in [3.05, 3.63) is 65.0 Å². The highest BCUT2D eigenvalue weighted by Crippen LogP contribution is 2.65. The largest absolute Gasteiger partial charge is 0.496 e. The zero-order chi connectivity index (χ0) is 31.6. The molecule has 10 nitrogen and oxygen atoms in total. The number of carbonyl (C=O) groups is 3. The fourth-order valence-electron chi connectivity index (χ4n) is 7.00. The molecule has 2 aromatic carbocycles. The van der Waals surface area contributed by atoms with Crippen molar-refractivity contribution in [1.29, 1.82) is 5.26 Å². The summed E-state index contributed by atoms with van der Waals surface area (Å²) in [6.45, 7) is 5.96. The number of nitriles is 1. The van der Waals surface area contributed by atoms with Crippen molar-refractivity contribution in [3.63, 3.8) is 0 Å². The van der Waals surface area contributed by atoms with E-state index in [-0.39, 0.29) is 53.6 Å². The molecule has 4 aliphatic rings. The van der Waals surface area contributed by atoms with Gasteiger partial charge >= 0.3 is 19.1 Å². The minimum atomic E-state index is -0.792. The van der Waals surface area contributed by atoms with E-state index in [2.05, 4.69) is 26.1 Å². The van der Waals surface area contributed by atoms with Crippen LogP contribution < -0.4 is 10.1 Å². The molecule has 3 saturated carbocycles. The number of halogens is 1. The molecule has 1 heterocycles. The Morgan fingerprint density at radius 2 is 1.84 bits per heavy atom. The van der Waals surface area contributed by atoms with Gasteiger partial charge in [-0.2, -0.15) is 5.26 Å². The van der Waals surface area contributed by atoms with Crippen LogP contribution in [0.3, 0.4) is 0 Å². The molecule has 12 heteroatoms. The number of para-hydroxylation sites is 1. The van der Waals surface area contributed by atoms with Gasteiger partial charge in [0.15, 0.2) is 0 Å². The number of benzene rings is 2. The predicted molar refractivity (Wildman–Crippen MR) is 156 cm³/mol. The lowest BCUT2D eigenvalue weighted by Crippen LogP contribution is -2.65. The maximum atomic E-state index is 13.1. The Hall–Kier alpha value is -3.95. The van der Waals surface area contributed by atoms with Crippen LogP contribution in [0.15, 0.2) is 42.5 Å². The van der Waals surface area contributed by atoms with Crippen molar-refractivity contribution >= 4 is 25.0 Å². The third kappa shape index (κ3) is 6.03. The van der Waals surface area contributed by atoms with Gasteiger partial charge in [0.05, 0.1) is 36.4 Å². The Morgan fingerprint density at radius 3 is 2.52 bits per heavy atom. The van der Waals surface area contributed by atoms with Crippen molar-refractivity contribution < 1.29 is 42.3 Å². The summed E-state index contributed by atoms with van der Waals surface area (Å²) >= 11 is 0. The molecule has 44 heavy (non-hydrogen) atoms. The van der Waals surface area contributed by atoms with E-state index in [1.165, 1.54) is 25.3 Å². The van der Waals surface area contributed by atoms with Crippen LogP contribution in [0.4, 0.5) is 4.39 Å². The summed E-state index contributed by atoms with van der Waals surface area (Å²) in [6.07, 6.45) is 2.14. The minimum absolute atomic E-state index is 0.0261. The van der Waals surface area contributed by atoms with Crippen LogP contribution in [-0.4, -0.2) is 56.5 Å². The van der Waals surface area contributed by atoms with Crippen molar-refractivity contribution in [3.8, 4) is 11.8 Å². The normalized spacial score (nSPS) is 25.1. The SMILES string of the molecule is COc1c(CC(NC(=O)CCC#N)B2OC3CC4CC(C4(C)C)C3(C)O2)cccc1C(=O)OCOC(=O)c1ccc(F)cc1. The van der Waals surface area contributed by atoms with Crippen molar-refractivity contribution in [1.82, 2.24) is 5.32 Å². The van der Waals surface area contributed by atoms with Crippen molar-refractivity contribution in [2.45, 2.75) is 70.5 Å². The number of hydrogen-bond acceptors (Lipinski definition) is 9. The van der Waals surface area contributed by atoms with Crippen molar-refractivity contribution in [2.75, 3.05) is 13.9 Å². The van der Waals surface area contributed by atoms with Crippen LogP contribution >= 0.6 is 0 Å². The van der Waals surface area contributed by atoms with E-state index < -0.39 is 43.2 Å². The molecule has 5 atom stereocenters. The summed E-state index contributed by atoms with van der Waals surface area (Å²) in [4.78, 5) is 38.0. The zero-order valence-electron chi connectivity index (χ0n) is 25.3. The van der Waals surface area contributed by atoms with Gasteiger partial charge in [0.2, 0.25) is 12.7 Å². The number of ether oxygens (including phenoxy) is 3. The number of nitrogens with one attached hydrogen (secondary N) is 1. The van der Waals surface area contributed by atoms with Gasteiger partial charge in [-0.05, 0) is 79.3 Å². The van der Waals surface area contributed by atoms with E-state index in [4.69, 9.17) is 28.8 Å². The first-order valence-corrected chi connectivity index (χ1v) is 14.7. The molecule has 1 N–H and O–H groups in total. The average Bonchev–Trinajstić information content (AvgIpc) is 3.37. The van der Waals surface area contributed by atoms with Gasteiger partial charge in [0.25, 0.3) is 0 Å². The summed E-state index contributed by atoms with van der Waals surface area (Å²) in [7, 11) is 0.662.